The lowest BCUT2D eigenvalue weighted by atomic mass is 9.94. The first-order chi connectivity index (χ1) is 15.2. The molecule has 0 fully saturated rings. The number of rotatable bonds is 6. The van der Waals surface area contributed by atoms with E-state index < -0.39 is 0 Å². The minimum Gasteiger partial charge on any atom is -0.454 e. The Bertz CT molecular complexity index is 1100. The molecule has 1 amide bonds. The summed E-state index contributed by atoms with van der Waals surface area (Å²) in [4.78, 5) is 14.7. The number of aryl methyl sites for hydroxylation is 1. The molecule has 0 radical (unpaired) electrons. The topological polar surface area (TPSA) is 89.7 Å². The van der Waals surface area contributed by atoms with E-state index in [0.29, 0.717) is 48.7 Å². The van der Waals surface area contributed by atoms with Gasteiger partial charge < -0.3 is 19.2 Å². The van der Waals surface area contributed by atoms with Crippen LogP contribution in [0, 0.1) is 0 Å². The number of hydrogen-bond acceptors (Lipinski definition) is 7. The Hall–Kier alpha value is -3.39. The number of nitrogens with zero attached hydrogens (tertiary/aromatic N) is 3. The first-order valence-electron chi connectivity index (χ1n) is 10.4. The van der Waals surface area contributed by atoms with Crippen molar-refractivity contribution in [2.75, 3.05) is 20.4 Å². The number of benzene rings is 2. The highest BCUT2D eigenvalue weighted by Crippen LogP contribution is 2.35. The maximum Gasteiger partial charge on any atom is 0.247 e. The Morgan fingerprint density at radius 1 is 1.13 bits per heavy atom. The second-order valence-corrected chi connectivity index (χ2v) is 7.91. The van der Waals surface area contributed by atoms with Crippen molar-refractivity contribution in [3.63, 3.8) is 0 Å². The standard InChI is InChI=1S/C23H24N4O4/c1-27-13-17-5-3-2-4-15(17)10-18(27)12-24-21(28)8-9-22-25-26-23(31-22)16-6-7-19-20(11-16)30-14-29-19/h2-7,11,18H,8-10,12-14H2,1H3,(H,24,28). The number of likely N-dealkylation sites (N-methyl/N-ethyl adjacent to an activating group) is 1. The minimum atomic E-state index is -0.0184. The number of nitrogens with one attached hydrogen (secondary N) is 1. The van der Waals surface area contributed by atoms with E-state index in [1.54, 1.807) is 0 Å². The van der Waals surface area contributed by atoms with Crippen LogP contribution in [-0.4, -0.2) is 47.4 Å². The van der Waals surface area contributed by atoms with Crippen LogP contribution in [0.3, 0.4) is 0 Å². The van der Waals surface area contributed by atoms with Gasteiger partial charge in [-0.15, -0.1) is 10.2 Å². The zero-order chi connectivity index (χ0) is 21.2. The molecule has 31 heavy (non-hydrogen) atoms. The van der Waals surface area contributed by atoms with Crippen LogP contribution in [0.15, 0.2) is 46.9 Å². The number of aromatic nitrogens is 2. The van der Waals surface area contributed by atoms with Crippen molar-refractivity contribution in [2.45, 2.75) is 31.8 Å². The molecular formula is C23H24N4O4. The lowest BCUT2D eigenvalue weighted by Crippen LogP contribution is -2.45. The van der Waals surface area contributed by atoms with Gasteiger partial charge in [-0.1, -0.05) is 24.3 Å². The molecule has 2 aromatic carbocycles. The number of ether oxygens (including phenoxy) is 2. The summed E-state index contributed by atoms with van der Waals surface area (Å²) in [6, 6.07) is 14.2. The summed E-state index contributed by atoms with van der Waals surface area (Å²) >= 11 is 0. The predicted octanol–water partition coefficient (Wildman–Crippen LogP) is 2.57. The number of fused-ring (bicyclic) bond motifs is 2. The first-order valence-corrected chi connectivity index (χ1v) is 10.4. The highest BCUT2D eigenvalue weighted by Gasteiger charge is 2.23. The summed E-state index contributed by atoms with van der Waals surface area (Å²) in [5.41, 5.74) is 3.48. The average molecular weight is 420 g/mol. The molecule has 0 spiro atoms. The maximum atomic E-state index is 12.4. The third-order valence-corrected chi connectivity index (χ3v) is 5.80. The average Bonchev–Trinajstić information content (AvgIpc) is 3.45. The second-order valence-electron chi connectivity index (χ2n) is 7.91. The fourth-order valence-corrected chi connectivity index (χ4v) is 3.99. The smallest absolute Gasteiger partial charge is 0.247 e. The summed E-state index contributed by atoms with van der Waals surface area (Å²) in [5, 5.41) is 11.2. The van der Waals surface area contributed by atoms with E-state index in [9.17, 15) is 4.79 Å². The van der Waals surface area contributed by atoms with Gasteiger partial charge in [-0.3, -0.25) is 9.69 Å². The molecule has 8 nitrogen and oxygen atoms in total. The molecule has 1 atom stereocenters. The molecule has 1 aromatic heterocycles. The third kappa shape index (κ3) is 4.25. The van der Waals surface area contributed by atoms with Gasteiger partial charge in [-0.25, -0.2) is 0 Å². The van der Waals surface area contributed by atoms with Gasteiger partial charge in [-0.05, 0) is 42.8 Å². The number of carbonyl (C=O) groups excluding carboxylic acids is 1. The van der Waals surface area contributed by atoms with Crippen molar-refractivity contribution in [1.82, 2.24) is 20.4 Å². The Labute approximate surface area is 180 Å². The van der Waals surface area contributed by atoms with Gasteiger partial charge in [-0.2, -0.15) is 0 Å². The normalized spacial score (nSPS) is 17.4. The fourth-order valence-electron chi connectivity index (χ4n) is 3.99. The second kappa shape index (κ2) is 8.39. The minimum absolute atomic E-state index is 0.0184. The zero-order valence-corrected chi connectivity index (χ0v) is 17.3. The van der Waals surface area contributed by atoms with Crippen LogP contribution >= 0.6 is 0 Å². The van der Waals surface area contributed by atoms with Crippen molar-refractivity contribution in [1.29, 1.82) is 0 Å². The number of carbonyl (C=O) groups is 1. The van der Waals surface area contributed by atoms with Gasteiger partial charge in [0.2, 0.25) is 24.5 Å². The lowest BCUT2D eigenvalue weighted by molar-refractivity contribution is -0.121. The van der Waals surface area contributed by atoms with Crippen molar-refractivity contribution in [3.05, 3.63) is 59.5 Å². The highest BCUT2D eigenvalue weighted by molar-refractivity contribution is 5.76. The lowest BCUT2D eigenvalue weighted by Gasteiger charge is -2.34. The van der Waals surface area contributed by atoms with Gasteiger partial charge in [0.25, 0.3) is 0 Å². The summed E-state index contributed by atoms with van der Waals surface area (Å²) in [6.07, 6.45) is 1.64. The van der Waals surface area contributed by atoms with Crippen LogP contribution < -0.4 is 14.8 Å². The molecule has 8 heteroatoms. The molecule has 3 heterocycles. The van der Waals surface area contributed by atoms with E-state index in [1.165, 1.54) is 11.1 Å². The molecule has 1 unspecified atom stereocenters. The van der Waals surface area contributed by atoms with E-state index in [-0.39, 0.29) is 12.7 Å². The summed E-state index contributed by atoms with van der Waals surface area (Å²) in [5.74, 6) is 2.18. The molecule has 2 aliphatic heterocycles. The largest absolute Gasteiger partial charge is 0.454 e. The maximum absolute atomic E-state index is 12.4. The van der Waals surface area contributed by atoms with E-state index >= 15 is 0 Å². The summed E-state index contributed by atoms with van der Waals surface area (Å²) in [6.45, 7) is 1.74. The monoisotopic (exact) mass is 420 g/mol. The Morgan fingerprint density at radius 2 is 1.97 bits per heavy atom. The SMILES string of the molecule is CN1Cc2ccccc2CC1CNC(=O)CCc1nnc(-c2ccc3c(c2)OCO3)o1. The Kier molecular flexibility index (Phi) is 5.30. The predicted molar refractivity (Wildman–Crippen MR) is 113 cm³/mol. The fraction of sp³-hybridized carbons (Fsp3) is 0.348. The molecule has 0 aliphatic carbocycles. The van der Waals surface area contributed by atoms with Crippen LogP contribution in [0.1, 0.15) is 23.4 Å². The summed E-state index contributed by atoms with van der Waals surface area (Å²) < 4.78 is 16.4. The number of amides is 1. The molecule has 5 rings (SSSR count). The molecule has 3 aromatic rings. The van der Waals surface area contributed by atoms with E-state index in [1.807, 2.05) is 18.2 Å². The van der Waals surface area contributed by atoms with Crippen LogP contribution in [0.5, 0.6) is 11.5 Å². The van der Waals surface area contributed by atoms with E-state index in [4.69, 9.17) is 13.9 Å². The first kappa shape index (κ1) is 19.6. The molecule has 1 N–H and O–H groups in total. The van der Waals surface area contributed by atoms with Gasteiger partial charge in [0.1, 0.15) is 0 Å². The Morgan fingerprint density at radius 3 is 2.87 bits per heavy atom. The van der Waals surface area contributed by atoms with Gasteiger partial charge in [0.05, 0.1) is 0 Å². The van der Waals surface area contributed by atoms with Crippen molar-refractivity contribution in [3.8, 4) is 23.0 Å². The molecule has 160 valence electrons. The molecule has 2 aliphatic rings. The third-order valence-electron chi connectivity index (χ3n) is 5.80. The van der Waals surface area contributed by atoms with Crippen LogP contribution in [0.2, 0.25) is 0 Å². The van der Waals surface area contributed by atoms with E-state index in [0.717, 1.165) is 18.5 Å². The van der Waals surface area contributed by atoms with Gasteiger partial charge in [0.15, 0.2) is 11.5 Å². The quantitative estimate of drug-likeness (QED) is 0.656. The Balaban J connectivity index is 1.12. The van der Waals surface area contributed by atoms with E-state index in [2.05, 4.69) is 51.7 Å². The summed E-state index contributed by atoms with van der Waals surface area (Å²) in [7, 11) is 2.10. The molecule has 0 bridgehead atoms. The van der Waals surface area contributed by atoms with Crippen LogP contribution in [0.25, 0.3) is 11.5 Å². The van der Waals surface area contributed by atoms with Crippen LogP contribution in [-0.2, 0) is 24.2 Å². The van der Waals surface area contributed by atoms with Crippen LogP contribution in [0.4, 0.5) is 0 Å². The molecular weight excluding hydrogens is 396 g/mol. The van der Waals surface area contributed by atoms with Crippen molar-refractivity contribution < 1.29 is 18.7 Å². The highest BCUT2D eigenvalue weighted by atomic mass is 16.7. The molecule has 0 saturated heterocycles. The van der Waals surface area contributed by atoms with Crippen molar-refractivity contribution >= 4 is 5.91 Å². The zero-order valence-electron chi connectivity index (χ0n) is 17.3. The molecule has 0 saturated carbocycles. The van der Waals surface area contributed by atoms with Gasteiger partial charge in [0, 0.05) is 37.5 Å². The van der Waals surface area contributed by atoms with Crippen molar-refractivity contribution in [2.24, 2.45) is 0 Å². The van der Waals surface area contributed by atoms with Gasteiger partial charge >= 0.3 is 0 Å². The number of hydrogen-bond donors (Lipinski definition) is 1.